The zero-order valence-electron chi connectivity index (χ0n) is 13.6. The number of hydrogen-bond donors (Lipinski definition) is 1. The second kappa shape index (κ2) is 6.37. The Bertz CT molecular complexity index is 785. The summed E-state index contributed by atoms with van der Waals surface area (Å²) in [5, 5.41) is 11.9. The van der Waals surface area contributed by atoms with Gasteiger partial charge in [0.05, 0.1) is 5.69 Å². The molecule has 1 unspecified atom stereocenters. The van der Waals surface area contributed by atoms with Gasteiger partial charge in [0.25, 0.3) is 0 Å². The second-order valence-corrected chi connectivity index (χ2v) is 7.89. The molecule has 1 aromatic carbocycles. The molecule has 0 saturated heterocycles. The van der Waals surface area contributed by atoms with Crippen LogP contribution in [0.4, 0.5) is 4.79 Å². The number of alkyl carbamates (subject to hydrolysis) is 1. The Hall–Kier alpha value is -1.60. The van der Waals surface area contributed by atoms with Crippen LogP contribution in [-0.2, 0) is 17.6 Å². The number of nitrogens with zero attached hydrogens (tertiary/aromatic N) is 3. The van der Waals surface area contributed by atoms with Crippen molar-refractivity contribution in [3.05, 3.63) is 39.3 Å². The number of rotatable bonds is 1. The van der Waals surface area contributed by atoms with Gasteiger partial charge in [0, 0.05) is 17.5 Å². The van der Waals surface area contributed by atoms with Crippen LogP contribution in [0.15, 0.2) is 22.9 Å². The fraction of sp³-hybridized carbons (Fsp3) is 0.438. The highest BCUT2D eigenvalue weighted by molar-refractivity contribution is 9.10. The van der Waals surface area contributed by atoms with E-state index >= 15 is 0 Å². The van der Waals surface area contributed by atoms with Crippen molar-refractivity contribution in [3.8, 4) is 5.69 Å². The second-order valence-electron chi connectivity index (χ2n) is 6.75. The molecule has 1 atom stereocenters. The molecule has 0 bridgehead atoms. The van der Waals surface area contributed by atoms with Crippen molar-refractivity contribution in [1.82, 2.24) is 20.1 Å². The van der Waals surface area contributed by atoms with Crippen LogP contribution in [0.25, 0.3) is 5.69 Å². The Morgan fingerprint density at radius 3 is 2.83 bits per heavy atom. The van der Waals surface area contributed by atoms with E-state index in [9.17, 15) is 4.79 Å². The van der Waals surface area contributed by atoms with Crippen molar-refractivity contribution >= 4 is 33.6 Å². The average molecular weight is 414 g/mol. The summed E-state index contributed by atoms with van der Waals surface area (Å²) >= 11 is 9.58. The van der Waals surface area contributed by atoms with E-state index in [0.717, 1.165) is 17.1 Å². The van der Waals surface area contributed by atoms with Crippen molar-refractivity contribution in [2.45, 2.75) is 45.3 Å². The van der Waals surface area contributed by atoms with Crippen LogP contribution in [0.3, 0.4) is 0 Å². The lowest BCUT2D eigenvalue weighted by Gasteiger charge is -2.22. The van der Waals surface area contributed by atoms with Crippen molar-refractivity contribution in [2.24, 2.45) is 0 Å². The van der Waals surface area contributed by atoms with E-state index in [-0.39, 0.29) is 6.04 Å². The summed E-state index contributed by atoms with van der Waals surface area (Å²) in [6.45, 7) is 5.51. The standard InChI is InChI=1S/C16H18BrClN4O2/c1-16(2,3)24-15(23)19-11-7-9-6-10(18)4-5-12(9)22-13(8-11)20-21-14(22)17/h4-6,11H,7-8H2,1-3H3,(H,19,23). The molecule has 6 nitrogen and oxygen atoms in total. The first-order valence-electron chi connectivity index (χ1n) is 7.61. The summed E-state index contributed by atoms with van der Waals surface area (Å²) in [6.07, 6.45) is 0.734. The molecule has 8 heteroatoms. The molecule has 1 N–H and O–H groups in total. The summed E-state index contributed by atoms with van der Waals surface area (Å²) in [7, 11) is 0. The van der Waals surface area contributed by atoms with Gasteiger partial charge in [-0.05, 0) is 66.9 Å². The molecule has 2 aromatic rings. The van der Waals surface area contributed by atoms with E-state index in [1.54, 1.807) is 0 Å². The SMILES string of the molecule is CC(C)(C)OC(=O)NC1Cc2cc(Cl)ccc2-n2c(Br)nnc2C1. The lowest BCUT2D eigenvalue weighted by Crippen LogP contribution is -2.41. The van der Waals surface area contributed by atoms with Gasteiger partial charge in [0.15, 0.2) is 0 Å². The van der Waals surface area contributed by atoms with Gasteiger partial charge >= 0.3 is 6.09 Å². The molecule has 2 heterocycles. The normalized spacial score (nSPS) is 16.8. The number of carbonyl (C=O) groups excluding carboxylic acids is 1. The van der Waals surface area contributed by atoms with Crippen LogP contribution in [0.2, 0.25) is 5.02 Å². The number of fused-ring (bicyclic) bond motifs is 3. The van der Waals surface area contributed by atoms with E-state index < -0.39 is 11.7 Å². The smallest absolute Gasteiger partial charge is 0.407 e. The van der Waals surface area contributed by atoms with Crippen LogP contribution >= 0.6 is 27.5 Å². The number of benzene rings is 1. The van der Waals surface area contributed by atoms with Crippen LogP contribution < -0.4 is 5.32 Å². The van der Waals surface area contributed by atoms with Crippen molar-refractivity contribution in [1.29, 1.82) is 0 Å². The van der Waals surface area contributed by atoms with Gasteiger partial charge in [-0.2, -0.15) is 0 Å². The number of carbonyl (C=O) groups is 1. The Balaban J connectivity index is 1.92. The third-order valence-corrected chi connectivity index (χ3v) is 4.34. The molecule has 0 fully saturated rings. The van der Waals surface area contributed by atoms with Gasteiger partial charge in [-0.3, -0.25) is 4.57 Å². The zero-order valence-corrected chi connectivity index (χ0v) is 16.0. The van der Waals surface area contributed by atoms with E-state index in [1.807, 2.05) is 43.5 Å². The van der Waals surface area contributed by atoms with Crippen LogP contribution in [0.5, 0.6) is 0 Å². The zero-order chi connectivity index (χ0) is 17.5. The van der Waals surface area contributed by atoms with E-state index in [1.165, 1.54) is 0 Å². The number of hydrogen-bond acceptors (Lipinski definition) is 4. The van der Waals surface area contributed by atoms with Gasteiger partial charge in [0.2, 0.25) is 4.73 Å². The van der Waals surface area contributed by atoms with E-state index in [2.05, 4.69) is 31.4 Å². The number of halogens is 2. The quantitative estimate of drug-likeness (QED) is 0.774. The number of aromatic nitrogens is 3. The molecule has 1 aliphatic rings. The van der Waals surface area contributed by atoms with Gasteiger partial charge in [0.1, 0.15) is 11.4 Å². The Labute approximate surface area is 153 Å². The molecular formula is C16H18BrClN4O2. The van der Waals surface area contributed by atoms with Crippen LogP contribution in [0, 0.1) is 0 Å². The molecule has 1 amide bonds. The summed E-state index contributed by atoms with van der Waals surface area (Å²) < 4.78 is 7.91. The van der Waals surface area contributed by atoms with Gasteiger partial charge < -0.3 is 10.1 Å². The third-order valence-electron chi connectivity index (χ3n) is 3.59. The maximum atomic E-state index is 12.1. The van der Waals surface area contributed by atoms with Crippen molar-refractivity contribution in [2.75, 3.05) is 0 Å². The number of amides is 1. The van der Waals surface area contributed by atoms with E-state index in [4.69, 9.17) is 16.3 Å². The molecular weight excluding hydrogens is 396 g/mol. The molecule has 24 heavy (non-hydrogen) atoms. The molecule has 0 spiro atoms. The van der Waals surface area contributed by atoms with Gasteiger partial charge in [-0.25, -0.2) is 4.79 Å². The van der Waals surface area contributed by atoms with Crippen LogP contribution in [0.1, 0.15) is 32.2 Å². The predicted octanol–water partition coefficient (Wildman–Crippen LogP) is 3.68. The fourth-order valence-electron chi connectivity index (χ4n) is 2.74. The maximum absolute atomic E-state index is 12.1. The lowest BCUT2D eigenvalue weighted by molar-refractivity contribution is 0.0504. The minimum Gasteiger partial charge on any atom is -0.444 e. The molecule has 1 aliphatic heterocycles. The summed E-state index contributed by atoms with van der Waals surface area (Å²) in [4.78, 5) is 12.1. The first-order chi connectivity index (χ1) is 11.2. The number of ether oxygens (including phenoxy) is 1. The predicted molar refractivity (Wildman–Crippen MR) is 94.6 cm³/mol. The highest BCUT2D eigenvalue weighted by Crippen LogP contribution is 2.29. The summed E-state index contributed by atoms with van der Waals surface area (Å²) in [5.41, 5.74) is 1.43. The number of nitrogens with one attached hydrogen (secondary N) is 1. The first kappa shape index (κ1) is 17.2. The summed E-state index contributed by atoms with van der Waals surface area (Å²) in [6, 6.07) is 5.51. The molecule has 1 aromatic heterocycles. The summed E-state index contributed by atoms with van der Waals surface area (Å²) in [5.74, 6) is 0.768. The largest absolute Gasteiger partial charge is 0.444 e. The molecule has 3 rings (SSSR count). The topological polar surface area (TPSA) is 69.0 Å². The monoisotopic (exact) mass is 412 g/mol. The average Bonchev–Trinajstić information content (AvgIpc) is 2.71. The molecule has 0 radical (unpaired) electrons. The Morgan fingerprint density at radius 2 is 2.12 bits per heavy atom. The van der Waals surface area contributed by atoms with Gasteiger partial charge in [-0.1, -0.05) is 11.6 Å². The third kappa shape index (κ3) is 3.72. The molecule has 128 valence electrons. The highest BCUT2D eigenvalue weighted by atomic mass is 79.9. The van der Waals surface area contributed by atoms with Crippen molar-refractivity contribution in [3.63, 3.8) is 0 Å². The minimum atomic E-state index is -0.543. The maximum Gasteiger partial charge on any atom is 0.407 e. The minimum absolute atomic E-state index is 0.158. The Kier molecular flexibility index (Phi) is 4.57. The van der Waals surface area contributed by atoms with Gasteiger partial charge in [-0.15, -0.1) is 10.2 Å². The first-order valence-corrected chi connectivity index (χ1v) is 8.78. The fourth-order valence-corrected chi connectivity index (χ4v) is 3.41. The van der Waals surface area contributed by atoms with Crippen molar-refractivity contribution < 1.29 is 9.53 Å². The van der Waals surface area contributed by atoms with Crippen LogP contribution in [-0.4, -0.2) is 32.5 Å². The molecule has 0 saturated carbocycles. The lowest BCUT2D eigenvalue weighted by atomic mass is 10.0. The highest BCUT2D eigenvalue weighted by Gasteiger charge is 2.27. The van der Waals surface area contributed by atoms with E-state index in [0.29, 0.717) is 22.6 Å². The Morgan fingerprint density at radius 1 is 1.38 bits per heavy atom. The molecule has 0 aliphatic carbocycles.